The Kier molecular flexibility index (Phi) is 3.85. The molecule has 0 atom stereocenters. The topological polar surface area (TPSA) is 84.2 Å². The molecular weight excluding hydrogens is 325 g/mol. The molecule has 1 aliphatic heterocycles. The van der Waals surface area contributed by atoms with Gasteiger partial charge in [0.25, 0.3) is 5.89 Å². The van der Waals surface area contributed by atoms with Gasteiger partial charge in [0.2, 0.25) is 5.95 Å². The number of nitrogens with zero attached hydrogens (tertiary/aromatic N) is 4. The predicted molar refractivity (Wildman–Crippen MR) is 86.0 cm³/mol. The van der Waals surface area contributed by atoms with E-state index in [1.807, 2.05) is 4.90 Å². The zero-order valence-electron chi connectivity index (χ0n) is 13.1. The lowest BCUT2D eigenvalue weighted by atomic mass is 10.2. The summed E-state index contributed by atoms with van der Waals surface area (Å²) in [5.74, 6) is 0.456. The highest BCUT2D eigenvalue weighted by Crippen LogP contribution is 2.26. The summed E-state index contributed by atoms with van der Waals surface area (Å²) in [5, 5.41) is 2.67. The summed E-state index contributed by atoms with van der Waals surface area (Å²) >= 11 is 0. The Morgan fingerprint density at radius 2 is 2.08 bits per heavy atom. The monoisotopic (exact) mass is 339 g/mol. The van der Waals surface area contributed by atoms with Gasteiger partial charge in [-0.2, -0.15) is 0 Å². The van der Waals surface area contributed by atoms with Crippen molar-refractivity contribution in [3.63, 3.8) is 0 Å². The van der Waals surface area contributed by atoms with Gasteiger partial charge in [-0.25, -0.2) is 19.3 Å². The maximum Gasteiger partial charge on any atom is 0.307 e. The van der Waals surface area contributed by atoms with E-state index in [4.69, 9.17) is 4.42 Å². The molecule has 1 aromatic carbocycles. The van der Waals surface area contributed by atoms with Gasteiger partial charge in [0, 0.05) is 18.9 Å². The third-order valence-corrected chi connectivity index (χ3v) is 3.82. The Morgan fingerprint density at radius 1 is 1.24 bits per heavy atom. The molecule has 3 heterocycles. The van der Waals surface area contributed by atoms with Gasteiger partial charge in [-0.15, -0.1) is 0 Å². The van der Waals surface area contributed by atoms with E-state index in [-0.39, 0.29) is 18.3 Å². The third kappa shape index (κ3) is 3.18. The average Bonchev–Trinajstić information content (AvgIpc) is 3.20. The molecule has 1 N–H and O–H groups in total. The van der Waals surface area contributed by atoms with Crippen molar-refractivity contribution in [2.45, 2.75) is 19.6 Å². The summed E-state index contributed by atoms with van der Waals surface area (Å²) in [6.45, 7) is 1.15. The molecule has 8 heteroatoms. The lowest BCUT2D eigenvalue weighted by Crippen LogP contribution is -2.24. The Bertz CT molecular complexity index is 889. The summed E-state index contributed by atoms with van der Waals surface area (Å²) < 4.78 is 18.7. The molecule has 3 aromatic rings. The van der Waals surface area contributed by atoms with E-state index in [2.05, 4.69) is 20.3 Å². The molecule has 0 fully saturated rings. The van der Waals surface area contributed by atoms with E-state index in [0.717, 1.165) is 0 Å². The molecule has 0 radical (unpaired) electrons. The summed E-state index contributed by atoms with van der Waals surface area (Å²) in [6.07, 6.45) is 3.34. The molecule has 126 valence electrons. The highest BCUT2D eigenvalue weighted by Gasteiger charge is 2.28. The Balaban J connectivity index is 1.40. The Hall–Kier alpha value is -3.29. The maximum atomic E-state index is 13.1. The normalized spacial score (nSPS) is 12.9. The average molecular weight is 339 g/mol. The number of fused-ring (bicyclic) bond motifs is 1. The standard InChI is InChI=1S/C17H14FN5O2/c18-12-4-1-3-11(7-12)8-21-15(24)16-22-13-9-23(10-14(13)25-16)17-19-5-2-6-20-17/h1-7H,8-10H2,(H,21,24). The minimum Gasteiger partial charge on any atom is -0.435 e. The molecule has 0 unspecified atom stereocenters. The van der Waals surface area contributed by atoms with Crippen LogP contribution in [0.25, 0.3) is 0 Å². The van der Waals surface area contributed by atoms with Crippen LogP contribution >= 0.6 is 0 Å². The highest BCUT2D eigenvalue weighted by molar-refractivity contribution is 5.89. The Labute approximate surface area is 142 Å². The van der Waals surface area contributed by atoms with Crippen LogP contribution in [0.1, 0.15) is 27.7 Å². The van der Waals surface area contributed by atoms with E-state index in [9.17, 15) is 9.18 Å². The number of nitrogens with one attached hydrogen (secondary N) is 1. The molecule has 0 saturated carbocycles. The quantitative estimate of drug-likeness (QED) is 0.783. The number of hydrogen-bond donors (Lipinski definition) is 1. The maximum absolute atomic E-state index is 13.1. The van der Waals surface area contributed by atoms with Crippen molar-refractivity contribution in [3.8, 4) is 0 Å². The van der Waals surface area contributed by atoms with Crippen molar-refractivity contribution in [1.82, 2.24) is 20.3 Å². The van der Waals surface area contributed by atoms with E-state index >= 15 is 0 Å². The van der Waals surface area contributed by atoms with Crippen LogP contribution in [0.2, 0.25) is 0 Å². The first kappa shape index (κ1) is 15.3. The number of rotatable bonds is 4. The fraction of sp³-hybridized carbons (Fsp3) is 0.176. The number of benzene rings is 1. The Morgan fingerprint density at radius 3 is 2.84 bits per heavy atom. The molecule has 1 amide bonds. The minimum atomic E-state index is -0.429. The minimum absolute atomic E-state index is 0.00929. The molecular formula is C17H14FN5O2. The van der Waals surface area contributed by atoms with Crippen LogP contribution in [0.3, 0.4) is 0 Å². The summed E-state index contributed by atoms with van der Waals surface area (Å²) in [5.41, 5.74) is 1.36. The molecule has 0 saturated heterocycles. The summed E-state index contributed by atoms with van der Waals surface area (Å²) in [6, 6.07) is 7.80. The third-order valence-electron chi connectivity index (χ3n) is 3.82. The van der Waals surface area contributed by atoms with Crippen molar-refractivity contribution < 1.29 is 13.6 Å². The van der Waals surface area contributed by atoms with Crippen molar-refractivity contribution in [2.75, 3.05) is 4.90 Å². The van der Waals surface area contributed by atoms with Gasteiger partial charge in [0.15, 0.2) is 0 Å². The second kappa shape index (κ2) is 6.31. The van der Waals surface area contributed by atoms with Gasteiger partial charge in [-0.05, 0) is 23.8 Å². The smallest absolute Gasteiger partial charge is 0.307 e. The number of carbonyl (C=O) groups excluding carboxylic acids is 1. The predicted octanol–water partition coefficient (Wildman–Crippen LogP) is 2.05. The van der Waals surface area contributed by atoms with E-state index in [1.165, 1.54) is 12.1 Å². The number of amides is 1. The van der Waals surface area contributed by atoms with Crippen LogP contribution in [0, 0.1) is 5.82 Å². The van der Waals surface area contributed by atoms with Crippen LogP contribution in [-0.2, 0) is 19.6 Å². The van der Waals surface area contributed by atoms with Gasteiger partial charge in [-0.3, -0.25) is 4.79 Å². The van der Waals surface area contributed by atoms with Gasteiger partial charge in [0.1, 0.15) is 17.3 Å². The number of halogens is 1. The van der Waals surface area contributed by atoms with Crippen molar-refractivity contribution in [3.05, 3.63) is 71.5 Å². The van der Waals surface area contributed by atoms with Crippen LogP contribution in [0.4, 0.5) is 10.3 Å². The molecule has 2 aromatic heterocycles. The fourth-order valence-electron chi connectivity index (χ4n) is 2.64. The molecule has 4 rings (SSSR count). The molecule has 25 heavy (non-hydrogen) atoms. The van der Waals surface area contributed by atoms with Gasteiger partial charge in [0.05, 0.1) is 13.1 Å². The van der Waals surface area contributed by atoms with Crippen LogP contribution in [0.5, 0.6) is 0 Å². The largest absolute Gasteiger partial charge is 0.435 e. The van der Waals surface area contributed by atoms with Crippen molar-refractivity contribution >= 4 is 11.9 Å². The first-order valence-electron chi connectivity index (χ1n) is 7.72. The molecule has 0 aliphatic carbocycles. The molecule has 7 nitrogen and oxygen atoms in total. The highest BCUT2D eigenvalue weighted by atomic mass is 19.1. The lowest BCUT2D eigenvalue weighted by Gasteiger charge is -2.13. The zero-order valence-corrected chi connectivity index (χ0v) is 13.1. The first-order valence-corrected chi connectivity index (χ1v) is 7.72. The fourth-order valence-corrected chi connectivity index (χ4v) is 2.64. The molecule has 0 spiro atoms. The van der Waals surface area contributed by atoms with E-state index in [0.29, 0.717) is 36.1 Å². The van der Waals surface area contributed by atoms with Crippen LogP contribution < -0.4 is 10.2 Å². The van der Waals surface area contributed by atoms with Crippen molar-refractivity contribution in [1.29, 1.82) is 0 Å². The number of aromatic nitrogens is 3. The summed E-state index contributed by atoms with van der Waals surface area (Å²) in [7, 11) is 0. The SMILES string of the molecule is O=C(NCc1cccc(F)c1)c1nc2c(o1)CN(c1ncccn1)C2. The van der Waals surface area contributed by atoms with Crippen LogP contribution in [-0.4, -0.2) is 20.9 Å². The van der Waals surface area contributed by atoms with E-state index < -0.39 is 5.91 Å². The van der Waals surface area contributed by atoms with Gasteiger partial charge < -0.3 is 14.6 Å². The summed E-state index contributed by atoms with van der Waals surface area (Å²) in [4.78, 5) is 26.7. The molecule has 1 aliphatic rings. The van der Waals surface area contributed by atoms with Gasteiger partial charge >= 0.3 is 5.91 Å². The second-order valence-corrected chi connectivity index (χ2v) is 5.61. The molecule has 0 bridgehead atoms. The van der Waals surface area contributed by atoms with Crippen molar-refractivity contribution in [2.24, 2.45) is 0 Å². The number of oxazole rings is 1. The van der Waals surface area contributed by atoms with E-state index in [1.54, 1.807) is 30.6 Å². The first-order chi connectivity index (χ1) is 12.2. The van der Waals surface area contributed by atoms with Gasteiger partial charge in [-0.1, -0.05) is 12.1 Å². The lowest BCUT2D eigenvalue weighted by molar-refractivity contribution is 0.0914. The number of anilines is 1. The number of carbonyl (C=O) groups is 1. The number of hydrogen-bond acceptors (Lipinski definition) is 6. The van der Waals surface area contributed by atoms with Crippen LogP contribution in [0.15, 0.2) is 47.1 Å². The second-order valence-electron chi connectivity index (χ2n) is 5.61. The zero-order chi connectivity index (χ0) is 17.2.